The van der Waals surface area contributed by atoms with Gasteiger partial charge in [-0.25, -0.2) is 0 Å². The first-order chi connectivity index (χ1) is 10.1. The lowest BCUT2D eigenvalue weighted by Gasteiger charge is -2.27. The van der Waals surface area contributed by atoms with Gasteiger partial charge in [0.2, 0.25) is 5.91 Å². The van der Waals surface area contributed by atoms with E-state index < -0.39 is 4.92 Å². The highest BCUT2D eigenvalue weighted by Crippen LogP contribution is 2.24. The van der Waals surface area contributed by atoms with Crippen molar-refractivity contribution in [3.8, 4) is 0 Å². The summed E-state index contributed by atoms with van der Waals surface area (Å²) in [5.41, 5.74) is 2.09. The van der Waals surface area contributed by atoms with Gasteiger partial charge in [0, 0.05) is 30.1 Å². The van der Waals surface area contributed by atoms with E-state index in [9.17, 15) is 14.9 Å². The van der Waals surface area contributed by atoms with Gasteiger partial charge in [0.05, 0.1) is 11.3 Å². The van der Waals surface area contributed by atoms with Gasteiger partial charge in [-0.15, -0.1) is 11.3 Å². The van der Waals surface area contributed by atoms with Crippen molar-refractivity contribution in [2.24, 2.45) is 0 Å². The third-order valence-electron chi connectivity index (χ3n) is 3.66. The molecule has 0 unspecified atom stereocenters. The molecule has 1 amide bonds. The maximum absolute atomic E-state index is 12.3. The van der Waals surface area contributed by atoms with Crippen molar-refractivity contribution in [3.63, 3.8) is 0 Å². The van der Waals surface area contributed by atoms with E-state index in [1.54, 1.807) is 23.5 Å². The van der Waals surface area contributed by atoms with Gasteiger partial charge in [-0.1, -0.05) is 12.1 Å². The number of hydrogen-bond acceptors (Lipinski definition) is 4. The summed E-state index contributed by atoms with van der Waals surface area (Å²) in [6, 6.07) is 8.25. The summed E-state index contributed by atoms with van der Waals surface area (Å²) in [6.45, 7) is 1.42. The van der Waals surface area contributed by atoms with Crippen molar-refractivity contribution in [2.75, 3.05) is 6.54 Å². The Hall–Kier alpha value is -2.21. The molecular formula is C15H14N2O3S. The van der Waals surface area contributed by atoms with E-state index in [0.717, 1.165) is 18.5 Å². The molecule has 0 saturated carbocycles. The van der Waals surface area contributed by atoms with Crippen LogP contribution in [0.15, 0.2) is 35.7 Å². The normalized spacial score (nSPS) is 13.8. The molecule has 2 aromatic rings. The fraction of sp³-hybridized carbons (Fsp3) is 0.267. The highest BCUT2D eigenvalue weighted by atomic mass is 32.1. The highest BCUT2D eigenvalue weighted by molar-refractivity contribution is 7.10. The zero-order chi connectivity index (χ0) is 14.8. The van der Waals surface area contributed by atoms with Crippen LogP contribution in [0.3, 0.4) is 0 Å². The molecule has 0 atom stereocenters. The smallest absolute Gasteiger partial charge is 0.269 e. The topological polar surface area (TPSA) is 63.4 Å². The van der Waals surface area contributed by atoms with E-state index in [4.69, 9.17) is 0 Å². The van der Waals surface area contributed by atoms with Gasteiger partial charge in [0.1, 0.15) is 0 Å². The summed E-state index contributed by atoms with van der Waals surface area (Å²) >= 11 is 1.75. The van der Waals surface area contributed by atoms with E-state index in [1.807, 2.05) is 4.90 Å². The van der Waals surface area contributed by atoms with Gasteiger partial charge in [-0.3, -0.25) is 14.9 Å². The second-order valence-electron chi connectivity index (χ2n) is 5.03. The summed E-state index contributed by atoms with van der Waals surface area (Å²) in [5, 5.41) is 12.7. The SMILES string of the molecule is O=C(Cc1ccc([N+](=O)[O-])cc1)N1CCc2sccc2C1. The third kappa shape index (κ3) is 2.95. The van der Waals surface area contributed by atoms with E-state index in [-0.39, 0.29) is 18.0 Å². The van der Waals surface area contributed by atoms with E-state index >= 15 is 0 Å². The summed E-state index contributed by atoms with van der Waals surface area (Å²) in [7, 11) is 0. The van der Waals surface area contributed by atoms with Crippen LogP contribution in [0.4, 0.5) is 5.69 Å². The number of hydrogen-bond donors (Lipinski definition) is 0. The molecule has 0 fully saturated rings. The Morgan fingerprint density at radius 2 is 2.05 bits per heavy atom. The van der Waals surface area contributed by atoms with Crippen LogP contribution < -0.4 is 0 Å². The van der Waals surface area contributed by atoms with Crippen molar-refractivity contribution in [1.82, 2.24) is 4.90 Å². The highest BCUT2D eigenvalue weighted by Gasteiger charge is 2.21. The molecule has 108 valence electrons. The molecule has 0 saturated heterocycles. The van der Waals surface area contributed by atoms with Crippen molar-refractivity contribution in [1.29, 1.82) is 0 Å². The first-order valence-corrected chi connectivity index (χ1v) is 7.58. The molecule has 0 radical (unpaired) electrons. The summed E-state index contributed by atoms with van der Waals surface area (Å²) in [6.07, 6.45) is 1.20. The molecule has 21 heavy (non-hydrogen) atoms. The second-order valence-corrected chi connectivity index (χ2v) is 6.04. The molecule has 0 aliphatic carbocycles. The van der Waals surface area contributed by atoms with Crippen LogP contribution in [0.5, 0.6) is 0 Å². The summed E-state index contributed by atoms with van der Waals surface area (Å²) < 4.78 is 0. The van der Waals surface area contributed by atoms with E-state index in [0.29, 0.717) is 6.54 Å². The maximum Gasteiger partial charge on any atom is 0.269 e. The molecule has 5 nitrogen and oxygen atoms in total. The number of fused-ring (bicyclic) bond motifs is 1. The molecule has 1 aromatic heterocycles. The van der Waals surface area contributed by atoms with Crippen LogP contribution >= 0.6 is 11.3 Å². The van der Waals surface area contributed by atoms with Crippen molar-refractivity contribution in [2.45, 2.75) is 19.4 Å². The Kier molecular flexibility index (Phi) is 3.70. The quantitative estimate of drug-likeness (QED) is 0.647. The summed E-state index contributed by atoms with van der Waals surface area (Å²) in [4.78, 5) is 25.7. The molecule has 2 heterocycles. The van der Waals surface area contributed by atoms with Gasteiger partial charge < -0.3 is 4.90 Å². The number of benzene rings is 1. The fourth-order valence-electron chi connectivity index (χ4n) is 2.48. The van der Waals surface area contributed by atoms with Crippen molar-refractivity contribution < 1.29 is 9.72 Å². The molecular weight excluding hydrogens is 288 g/mol. The molecule has 0 N–H and O–H groups in total. The first-order valence-electron chi connectivity index (χ1n) is 6.70. The lowest BCUT2D eigenvalue weighted by molar-refractivity contribution is -0.384. The van der Waals surface area contributed by atoms with Gasteiger partial charge in [0.25, 0.3) is 5.69 Å². The molecule has 1 aliphatic heterocycles. The van der Waals surface area contributed by atoms with Crippen LogP contribution in [-0.4, -0.2) is 22.3 Å². The Morgan fingerprint density at radius 1 is 1.29 bits per heavy atom. The van der Waals surface area contributed by atoms with Gasteiger partial charge in [-0.2, -0.15) is 0 Å². The average Bonchev–Trinajstić information content (AvgIpc) is 2.95. The summed E-state index contributed by atoms with van der Waals surface area (Å²) in [5.74, 6) is 0.0701. The van der Waals surface area contributed by atoms with Crippen molar-refractivity contribution in [3.05, 3.63) is 61.8 Å². The maximum atomic E-state index is 12.3. The number of nitro benzene ring substituents is 1. The van der Waals surface area contributed by atoms with Crippen LogP contribution in [0.1, 0.15) is 16.0 Å². The largest absolute Gasteiger partial charge is 0.338 e. The second kappa shape index (κ2) is 5.65. The Labute approximate surface area is 126 Å². The molecule has 1 aromatic carbocycles. The first kappa shape index (κ1) is 13.8. The molecule has 0 bridgehead atoms. The molecule has 1 aliphatic rings. The van der Waals surface area contributed by atoms with Crippen molar-refractivity contribution >= 4 is 22.9 Å². The zero-order valence-corrected chi connectivity index (χ0v) is 12.1. The van der Waals surface area contributed by atoms with Crippen LogP contribution in [0.2, 0.25) is 0 Å². The Morgan fingerprint density at radius 3 is 2.76 bits per heavy atom. The van der Waals surface area contributed by atoms with Crippen LogP contribution in [0.25, 0.3) is 0 Å². The number of nitro groups is 1. The minimum atomic E-state index is -0.436. The van der Waals surface area contributed by atoms with Crippen LogP contribution in [0, 0.1) is 10.1 Å². The number of nitrogens with zero attached hydrogens (tertiary/aromatic N) is 2. The lowest BCUT2D eigenvalue weighted by atomic mass is 10.1. The fourth-order valence-corrected chi connectivity index (χ4v) is 3.37. The number of amides is 1. The lowest BCUT2D eigenvalue weighted by Crippen LogP contribution is -2.36. The van der Waals surface area contributed by atoms with Gasteiger partial charge >= 0.3 is 0 Å². The average molecular weight is 302 g/mol. The molecule has 3 rings (SSSR count). The number of carbonyl (C=O) groups is 1. The standard InChI is InChI=1S/C15H14N2O3S/c18-15(9-11-1-3-13(4-2-11)17(19)20)16-7-5-14-12(10-16)6-8-21-14/h1-4,6,8H,5,7,9-10H2. The molecule has 6 heteroatoms. The van der Waals surface area contributed by atoms with Gasteiger partial charge in [0.15, 0.2) is 0 Å². The monoisotopic (exact) mass is 302 g/mol. The predicted octanol–water partition coefficient (Wildman–Crippen LogP) is 2.78. The minimum Gasteiger partial charge on any atom is -0.338 e. The van der Waals surface area contributed by atoms with Crippen LogP contribution in [-0.2, 0) is 24.2 Å². The minimum absolute atomic E-state index is 0.0482. The predicted molar refractivity (Wildman–Crippen MR) is 80.2 cm³/mol. The third-order valence-corrected chi connectivity index (χ3v) is 4.69. The Bertz CT molecular complexity index is 678. The Balaban J connectivity index is 1.65. The molecule has 0 spiro atoms. The number of carbonyl (C=O) groups excluding carboxylic acids is 1. The van der Waals surface area contributed by atoms with Gasteiger partial charge in [-0.05, 0) is 29.0 Å². The zero-order valence-electron chi connectivity index (χ0n) is 11.3. The van der Waals surface area contributed by atoms with E-state index in [2.05, 4.69) is 11.4 Å². The number of thiophene rings is 1. The number of non-ortho nitro benzene ring substituents is 1. The van der Waals surface area contributed by atoms with E-state index in [1.165, 1.54) is 22.6 Å². The number of rotatable bonds is 3.